The fourth-order valence-corrected chi connectivity index (χ4v) is 1.88. The lowest BCUT2D eigenvalue weighted by Gasteiger charge is -2.12. The van der Waals surface area contributed by atoms with Gasteiger partial charge >= 0.3 is 6.18 Å². The van der Waals surface area contributed by atoms with Gasteiger partial charge in [-0.3, -0.25) is 0 Å². The largest absolute Gasteiger partial charge is 0.497 e. The summed E-state index contributed by atoms with van der Waals surface area (Å²) in [5.74, 6) is 0.622. The second-order valence-electron chi connectivity index (χ2n) is 4.50. The van der Waals surface area contributed by atoms with Crippen LogP contribution in [0.5, 0.6) is 5.75 Å². The minimum Gasteiger partial charge on any atom is -0.497 e. The number of halogens is 3. The summed E-state index contributed by atoms with van der Waals surface area (Å²) in [4.78, 5) is 0. The van der Waals surface area contributed by atoms with Crippen LogP contribution in [0.3, 0.4) is 0 Å². The smallest absolute Gasteiger partial charge is 0.416 e. The molecule has 2 aromatic rings. The Kier molecular flexibility index (Phi) is 4.26. The van der Waals surface area contributed by atoms with Gasteiger partial charge in [0.1, 0.15) is 5.75 Å². The van der Waals surface area contributed by atoms with E-state index in [4.69, 9.17) is 10.5 Å². The summed E-state index contributed by atoms with van der Waals surface area (Å²) in [7, 11) is 1.53. The van der Waals surface area contributed by atoms with Gasteiger partial charge in [-0.1, -0.05) is 12.1 Å². The first-order chi connectivity index (χ1) is 9.90. The average Bonchev–Trinajstić information content (AvgIpc) is 2.45. The van der Waals surface area contributed by atoms with Crippen LogP contribution >= 0.6 is 0 Å². The van der Waals surface area contributed by atoms with Crippen LogP contribution in [0.2, 0.25) is 0 Å². The Morgan fingerprint density at radius 1 is 1.14 bits per heavy atom. The van der Waals surface area contributed by atoms with E-state index in [1.165, 1.54) is 13.2 Å². The van der Waals surface area contributed by atoms with Gasteiger partial charge in [0.2, 0.25) is 0 Å². The van der Waals surface area contributed by atoms with Gasteiger partial charge in [-0.25, -0.2) is 0 Å². The number of rotatable bonds is 4. The zero-order valence-corrected chi connectivity index (χ0v) is 11.4. The second-order valence-corrected chi connectivity index (χ2v) is 4.50. The van der Waals surface area contributed by atoms with Crippen molar-refractivity contribution in [2.75, 3.05) is 18.2 Å². The Bertz CT molecular complexity index is 627. The molecule has 3 N–H and O–H groups in total. The van der Waals surface area contributed by atoms with Gasteiger partial charge in [0.05, 0.1) is 24.0 Å². The van der Waals surface area contributed by atoms with E-state index < -0.39 is 11.7 Å². The van der Waals surface area contributed by atoms with Crippen LogP contribution in [-0.4, -0.2) is 7.11 Å². The molecule has 0 atom stereocenters. The molecule has 0 spiro atoms. The zero-order chi connectivity index (χ0) is 15.5. The molecule has 0 fully saturated rings. The summed E-state index contributed by atoms with van der Waals surface area (Å²) in [6, 6.07) is 10.3. The highest BCUT2D eigenvalue weighted by Gasteiger charge is 2.30. The van der Waals surface area contributed by atoms with E-state index in [0.717, 1.165) is 12.1 Å². The molecule has 0 aromatic heterocycles. The molecule has 2 rings (SSSR count). The van der Waals surface area contributed by atoms with Crippen molar-refractivity contribution in [1.82, 2.24) is 0 Å². The number of benzene rings is 2. The van der Waals surface area contributed by atoms with Crippen LogP contribution in [0.25, 0.3) is 0 Å². The van der Waals surface area contributed by atoms with Gasteiger partial charge < -0.3 is 15.8 Å². The third kappa shape index (κ3) is 3.81. The van der Waals surface area contributed by atoms with Crippen molar-refractivity contribution in [3.05, 3.63) is 53.6 Å². The van der Waals surface area contributed by atoms with Gasteiger partial charge in [-0.05, 0) is 29.8 Å². The predicted octanol–water partition coefficient (Wildman–Crippen LogP) is 3.91. The maximum atomic E-state index is 12.6. The molecule has 21 heavy (non-hydrogen) atoms. The van der Waals surface area contributed by atoms with E-state index in [1.54, 1.807) is 24.3 Å². The monoisotopic (exact) mass is 296 g/mol. The van der Waals surface area contributed by atoms with Crippen LogP contribution in [-0.2, 0) is 12.7 Å². The molecule has 3 nitrogen and oxygen atoms in total. The Morgan fingerprint density at radius 3 is 2.52 bits per heavy atom. The molecular weight excluding hydrogens is 281 g/mol. The lowest BCUT2D eigenvalue weighted by Crippen LogP contribution is -2.07. The molecule has 0 unspecified atom stereocenters. The molecule has 112 valence electrons. The van der Waals surface area contributed by atoms with Gasteiger partial charge in [0.25, 0.3) is 0 Å². The number of anilines is 2. The van der Waals surface area contributed by atoms with Crippen molar-refractivity contribution in [3.63, 3.8) is 0 Å². The summed E-state index contributed by atoms with van der Waals surface area (Å²) in [6.45, 7) is 0.250. The summed E-state index contributed by atoms with van der Waals surface area (Å²) in [5, 5.41) is 3.01. The van der Waals surface area contributed by atoms with Crippen molar-refractivity contribution >= 4 is 11.4 Å². The van der Waals surface area contributed by atoms with Crippen LogP contribution < -0.4 is 15.8 Å². The summed E-state index contributed by atoms with van der Waals surface area (Å²) >= 11 is 0. The minimum absolute atomic E-state index is 0.250. The predicted molar refractivity (Wildman–Crippen MR) is 76.2 cm³/mol. The van der Waals surface area contributed by atoms with E-state index in [1.807, 2.05) is 0 Å². The first-order valence-electron chi connectivity index (χ1n) is 6.23. The molecule has 0 aliphatic heterocycles. The lowest BCUT2D eigenvalue weighted by atomic mass is 10.1. The van der Waals surface area contributed by atoms with Crippen molar-refractivity contribution in [3.8, 4) is 5.75 Å². The second kappa shape index (κ2) is 5.95. The summed E-state index contributed by atoms with van der Waals surface area (Å²) < 4.78 is 42.9. The Morgan fingerprint density at radius 2 is 1.90 bits per heavy atom. The molecule has 0 aliphatic carbocycles. The van der Waals surface area contributed by atoms with Crippen molar-refractivity contribution in [1.29, 1.82) is 0 Å². The number of ether oxygens (including phenoxy) is 1. The molecule has 0 saturated carbocycles. The maximum absolute atomic E-state index is 12.6. The number of nitrogens with two attached hydrogens (primary N) is 1. The number of hydrogen-bond acceptors (Lipinski definition) is 3. The third-order valence-corrected chi connectivity index (χ3v) is 3.00. The summed E-state index contributed by atoms with van der Waals surface area (Å²) in [6.07, 6.45) is -4.34. The van der Waals surface area contributed by atoms with Crippen molar-refractivity contribution in [2.24, 2.45) is 0 Å². The first-order valence-corrected chi connectivity index (χ1v) is 6.23. The zero-order valence-electron chi connectivity index (χ0n) is 11.4. The molecule has 6 heteroatoms. The highest BCUT2D eigenvalue weighted by Crippen LogP contribution is 2.30. The highest BCUT2D eigenvalue weighted by molar-refractivity contribution is 5.68. The molecule has 0 saturated heterocycles. The highest BCUT2D eigenvalue weighted by atomic mass is 19.4. The SMILES string of the molecule is COc1ccc(NCc2cccc(C(F)(F)F)c2)c(N)c1. The quantitative estimate of drug-likeness (QED) is 0.841. The molecule has 2 aromatic carbocycles. The molecular formula is C15H15F3N2O. The minimum atomic E-state index is -4.34. The van der Waals surface area contributed by atoms with Crippen molar-refractivity contribution < 1.29 is 17.9 Å². The van der Waals surface area contributed by atoms with Crippen LogP contribution in [0.15, 0.2) is 42.5 Å². The van der Waals surface area contributed by atoms with Crippen LogP contribution in [0.4, 0.5) is 24.5 Å². The Balaban J connectivity index is 2.10. The van der Waals surface area contributed by atoms with E-state index in [-0.39, 0.29) is 6.54 Å². The molecule has 0 amide bonds. The fourth-order valence-electron chi connectivity index (χ4n) is 1.88. The number of nitrogens with one attached hydrogen (secondary N) is 1. The number of hydrogen-bond donors (Lipinski definition) is 2. The molecule has 0 bridgehead atoms. The topological polar surface area (TPSA) is 47.3 Å². The van der Waals surface area contributed by atoms with E-state index >= 15 is 0 Å². The summed E-state index contributed by atoms with van der Waals surface area (Å²) in [5.41, 5.74) is 6.82. The van der Waals surface area contributed by atoms with Gasteiger partial charge in [-0.2, -0.15) is 13.2 Å². The molecule has 0 heterocycles. The van der Waals surface area contributed by atoms with E-state index in [2.05, 4.69) is 5.32 Å². The Labute approximate surface area is 120 Å². The van der Waals surface area contributed by atoms with Gasteiger partial charge in [0.15, 0.2) is 0 Å². The van der Waals surface area contributed by atoms with Gasteiger partial charge in [0, 0.05) is 12.6 Å². The van der Waals surface area contributed by atoms with Crippen molar-refractivity contribution in [2.45, 2.75) is 12.7 Å². The maximum Gasteiger partial charge on any atom is 0.416 e. The fraction of sp³-hybridized carbons (Fsp3) is 0.200. The molecule has 0 aliphatic rings. The standard InChI is InChI=1S/C15H15F3N2O/c1-21-12-5-6-14(13(19)8-12)20-9-10-3-2-4-11(7-10)15(16,17)18/h2-8,20H,9,19H2,1H3. The number of methoxy groups -OCH3 is 1. The molecule has 0 radical (unpaired) electrons. The Hall–Kier alpha value is -2.37. The third-order valence-electron chi connectivity index (χ3n) is 3.00. The first kappa shape index (κ1) is 15.0. The average molecular weight is 296 g/mol. The van der Waals surface area contributed by atoms with Crippen LogP contribution in [0.1, 0.15) is 11.1 Å². The number of nitrogen functional groups attached to an aromatic ring is 1. The van der Waals surface area contributed by atoms with E-state index in [9.17, 15) is 13.2 Å². The normalized spacial score (nSPS) is 11.2. The lowest BCUT2D eigenvalue weighted by molar-refractivity contribution is -0.137. The van der Waals surface area contributed by atoms with Crippen LogP contribution in [0, 0.1) is 0 Å². The van der Waals surface area contributed by atoms with Gasteiger partial charge in [-0.15, -0.1) is 0 Å². The number of alkyl halides is 3. The van der Waals surface area contributed by atoms with E-state index in [0.29, 0.717) is 22.7 Å².